The van der Waals surface area contributed by atoms with E-state index in [0.29, 0.717) is 19.8 Å². The quantitative estimate of drug-likeness (QED) is 0.0393. The SMILES string of the molecule is CCCCOP(=O)([O-])CC(CC)CCCC.CCCCOP(=O)([O-])CC(CC)CCCC.CCCCOP(=O)([O-])CC(CC)CCCC.[Fe+3]. The molecule has 6 atom stereocenters. The van der Waals surface area contributed by atoms with E-state index in [1.165, 1.54) is 0 Å². The minimum atomic E-state index is -3.59. The zero-order valence-electron chi connectivity index (χ0n) is 33.1. The molecular weight excluding hydrogens is 725 g/mol. The molecule has 299 valence electrons. The minimum absolute atomic E-state index is 0. The molecule has 0 amide bonds. The molecule has 1 radical (unpaired) electrons. The molecule has 9 nitrogen and oxygen atoms in total. The third kappa shape index (κ3) is 40.0. The molecule has 0 N–H and O–H groups in total. The van der Waals surface area contributed by atoms with Crippen LogP contribution < -0.4 is 14.7 Å². The summed E-state index contributed by atoms with van der Waals surface area (Å²) < 4.78 is 49.9. The minimum Gasteiger partial charge on any atom is -0.778 e. The van der Waals surface area contributed by atoms with Gasteiger partial charge in [-0.05, 0) is 56.3 Å². The van der Waals surface area contributed by atoms with Crippen molar-refractivity contribution in [2.75, 3.05) is 38.3 Å². The Bertz CT molecular complexity index is 731. The third-order valence-electron chi connectivity index (χ3n) is 8.43. The van der Waals surface area contributed by atoms with Crippen molar-refractivity contribution in [1.82, 2.24) is 0 Å². The van der Waals surface area contributed by atoms with E-state index in [1.807, 2.05) is 41.5 Å². The van der Waals surface area contributed by atoms with Gasteiger partial charge in [0.15, 0.2) is 0 Å². The Labute approximate surface area is 314 Å². The van der Waals surface area contributed by atoms with Crippen molar-refractivity contribution in [1.29, 1.82) is 0 Å². The molecule has 13 heteroatoms. The van der Waals surface area contributed by atoms with Gasteiger partial charge < -0.3 is 41.9 Å². The predicted octanol–water partition coefficient (Wildman–Crippen LogP) is 10.7. The predicted molar refractivity (Wildman–Crippen MR) is 200 cm³/mol. The summed E-state index contributed by atoms with van der Waals surface area (Å²) in [6.07, 6.45) is 18.4. The van der Waals surface area contributed by atoms with Gasteiger partial charge in [-0.25, -0.2) is 0 Å². The van der Waals surface area contributed by atoms with E-state index in [1.54, 1.807) is 0 Å². The van der Waals surface area contributed by atoms with E-state index in [-0.39, 0.29) is 53.3 Å². The topological polar surface area (TPSA) is 148 Å². The maximum Gasteiger partial charge on any atom is 3.00 e. The van der Waals surface area contributed by atoms with E-state index in [9.17, 15) is 28.4 Å². The summed E-state index contributed by atoms with van der Waals surface area (Å²) in [5.41, 5.74) is 0. The fourth-order valence-corrected chi connectivity index (χ4v) is 9.66. The van der Waals surface area contributed by atoms with Crippen LogP contribution >= 0.6 is 22.8 Å². The molecular formula is C36H78FeO9P3. The van der Waals surface area contributed by atoms with Crippen LogP contribution in [0.4, 0.5) is 0 Å². The van der Waals surface area contributed by atoms with E-state index >= 15 is 0 Å². The fourth-order valence-electron chi connectivity index (χ4n) is 4.90. The van der Waals surface area contributed by atoms with Crippen LogP contribution in [-0.2, 0) is 44.3 Å². The number of hydrogen-bond acceptors (Lipinski definition) is 9. The van der Waals surface area contributed by atoms with Crippen molar-refractivity contribution in [2.45, 2.75) is 178 Å². The second-order valence-electron chi connectivity index (χ2n) is 13.2. The molecule has 6 unspecified atom stereocenters. The Morgan fingerprint density at radius 3 is 0.776 bits per heavy atom. The first-order valence-corrected chi connectivity index (χ1v) is 24.7. The summed E-state index contributed by atoms with van der Waals surface area (Å²) in [5.74, 6) is 0.805. The number of hydrogen-bond donors (Lipinski definition) is 0. The van der Waals surface area contributed by atoms with Crippen molar-refractivity contribution >= 4 is 22.8 Å². The van der Waals surface area contributed by atoms with Gasteiger partial charge in [0.1, 0.15) is 22.8 Å². The van der Waals surface area contributed by atoms with Crippen LogP contribution in [0.1, 0.15) is 178 Å². The molecule has 0 aromatic carbocycles. The Morgan fingerprint density at radius 1 is 0.408 bits per heavy atom. The maximum absolute atomic E-state index is 11.6. The van der Waals surface area contributed by atoms with E-state index in [2.05, 4.69) is 20.8 Å². The van der Waals surface area contributed by atoms with Gasteiger partial charge in [-0.1, -0.05) is 139 Å². The van der Waals surface area contributed by atoms with Crippen molar-refractivity contribution in [3.8, 4) is 0 Å². The molecule has 0 aliphatic rings. The second-order valence-corrected chi connectivity index (χ2v) is 18.7. The summed E-state index contributed by atoms with van der Waals surface area (Å²) in [4.78, 5) is 34.9. The standard InChI is InChI=1S/3C12H27O3P.Fe/c3*1-4-7-9-12(6-3)11-16(13,14)15-10-8-5-2;/h3*12H,4-11H2,1-3H3,(H,13,14);/q;;;+3/p-3. The molecule has 0 aliphatic carbocycles. The summed E-state index contributed by atoms with van der Waals surface area (Å²) in [6.45, 7) is 19.6. The van der Waals surface area contributed by atoms with Crippen molar-refractivity contribution in [3.63, 3.8) is 0 Å². The summed E-state index contributed by atoms with van der Waals surface area (Å²) in [5, 5.41) is 0. The summed E-state index contributed by atoms with van der Waals surface area (Å²) >= 11 is 0. The molecule has 0 aliphatic heterocycles. The van der Waals surface area contributed by atoms with Gasteiger partial charge in [0.2, 0.25) is 0 Å². The largest absolute Gasteiger partial charge is 3.00 e. The monoisotopic (exact) mass is 803 g/mol. The van der Waals surface area contributed by atoms with E-state index in [4.69, 9.17) is 13.6 Å². The average molecular weight is 804 g/mol. The molecule has 0 heterocycles. The van der Waals surface area contributed by atoms with Crippen LogP contribution in [-0.4, -0.2) is 38.3 Å². The Hall–Kier alpha value is 0.969. The smallest absolute Gasteiger partial charge is 0.778 e. The van der Waals surface area contributed by atoms with Crippen LogP contribution in [0.5, 0.6) is 0 Å². The molecule has 0 fully saturated rings. The maximum atomic E-state index is 11.6. The van der Waals surface area contributed by atoms with Crippen molar-refractivity contribution in [3.05, 3.63) is 0 Å². The molecule has 0 rings (SSSR count). The molecule has 0 bridgehead atoms. The average Bonchev–Trinajstić information content (AvgIpc) is 3.03. The van der Waals surface area contributed by atoms with Crippen molar-refractivity contribution < 1.29 is 59.0 Å². The van der Waals surface area contributed by atoms with Crippen LogP contribution in [0.25, 0.3) is 0 Å². The first-order chi connectivity index (χ1) is 22.7. The van der Waals surface area contributed by atoms with E-state index in [0.717, 1.165) is 116 Å². The Kier molecular flexibility index (Phi) is 43.2. The normalized spacial score (nSPS) is 16.7. The fraction of sp³-hybridized carbons (Fsp3) is 1.00. The third-order valence-corrected chi connectivity index (χ3v) is 13.1. The first kappa shape index (κ1) is 56.7. The summed E-state index contributed by atoms with van der Waals surface area (Å²) in [6, 6.07) is 0. The van der Waals surface area contributed by atoms with E-state index < -0.39 is 22.8 Å². The Balaban J connectivity index is -0.000000307. The van der Waals surface area contributed by atoms with Crippen LogP contribution in [0.3, 0.4) is 0 Å². The van der Waals surface area contributed by atoms with Gasteiger partial charge in [-0.2, -0.15) is 0 Å². The molecule has 0 aromatic heterocycles. The first-order valence-electron chi connectivity index (χ1n) is 19.5. The molecule has 0 saturated heterocycles. The zero-order valence-corrected chi connectivity index (χ0v) is 36.9. The van der Waals surface area contributed by atoms with Gasteiger partial charge in [0, 0.05) is 18.5 Å². The zero-order chi connectivity index (χ0) is 37.3. The van der Waals surface area contributed by atoms with Gasteiger partial charge in [-0.15, -0.1) is 0 Å². The van der Waals surface area contributed by atoms with Gasteiger partial charge in [-0.3, -0.25) is 0 Å². The molecule has 0 aromatic rings. The molecule has 0 saturated carbocycles. The Morgan fingerprint density at radius 2 is 0.612 bits per heavy atom. The summed E-state index contributed by atoms with van der Waals surface area (Å²) in [7, 11) is -10.8. The van der Waals surface area contributed by atoms with Crippen LogP contribution in [0.15, 0.2) is 0 Å². The second kappa shape index (κ2) is 37.3. The van der Waals surface area contributed by atoms with Crippen molar-refractivity contribution in [2.24, 2.45) is 17.8 Å². The number of rotatable bonds is 30. The molecule has 49 heavy (non-hydrogen) atoms. The van der Waals surface area contributed by atoms with Crippen LogP contribution in [0, 0.1) is 17.8 Å². The molecule has 0 spiro atoms. The van der Waals surface area contributed by atoms with Gasteiger partial charge in [0.05, 0.1) is 19.8 Å². The van der Waals surface area contributed by atoms with Gasteiger partial charge in [0.25, 0.3) is 0 Å². The number of unbranched alkanes of at least 4 members (excludes halogenated alkanes) is 6. The van der Waals surface area contributed by atoms with Crippen LogP contribution in [0.2, 0.25) is 0 Å². The van der Waals surface area contributed by atoms with Gasteiger partial charge >= 0.3 is 17.1 Å².